The molecule has 0 spiro atoms. The molecule has 0 bridgehead atoms. The van der Waals surface area contributed by atoms with E-state index in [0.717, 1.165) is 70.4 Å². The van der Waals surface area contributed by atoms with Gasteiger partial charge in [0.15, 0.2) is 11.5 Å². The van der Waals surface area contributed by atoms with E-state index in [0.29, 0.717) is 32.8 Å². The van der Waals surface area contributed by atoms with Crippen LogP contribution in [0.15, 0.2) is 103 Å². The molecule has 1 aliphatic rings. The van der Waals surface area contributed by atoms with E-state index >= 15 is 0 Å². The van der Waals surface area contributed by atoms with Crippen molar-refractivity contribution in [3.8, 4) is 34.1 Å². The van der Waals surface area contributed by atoms with E-state index in [2.05, 4.69) is 77.1 Å². The summed E-state index contributed by atoms with van der Waals surface area (Å²) in [5.74, 6) is 1.58. The number of carboxylic acids is 1. The molecule has 224 valence electrons. The Balaban J connectivity index is 1.43. The largest absolute Gasteiger partial charge is 0.486 e. The second-order valence-corrected chi connectivity index (χ2v) is 11.1. The van der Waals surface area contributed by atoms with Crippen molar-refractivity contribution in [1.29, 1.82) is 0 Å². The van der Waals surface area contributed by atoms with E-state index in [1.54, 1.807) is 12.1 Å². The van der Waals surface area contributed by atoms with Gasteiger partial charge in [-0.15, -0.1) is 0 Å². The minimum absolute atomic E-state index is 0.281. The van der Waals surface area contributed by atoms with Crippen molar-refractivity contribution in [2.24, 2.45) is 0 Å². The molecule has 0 fully saturated rings. The molecule has 6 rings (SSSR count). The minimum atomic E-state index is -0.926. The number of nitrogens with zero attached hydrogens (tertiary/aromatic N) is 3. The standard InChI is InChI=1S/C37H37N3O4/c1-2-3-20-40-32(35(29-10-6-4-7-11-29)38-36(40)30-12-8-5-9-13-30)26-39(24-27-14-17-31(18-15-27)37(41)42)25-28-16-19-33-34(23-28)44-22-21-43-33/h4-19,23H,2-3,20-22,24-26H2,1H3,(H,41,42). The van der Waals surface area contributed by atoms with Crippen LogP contribution >= 0.6 is 0 Å². The number of aromatic nitrogens is 2. The molecule has 1 aromatic heterocycles. The highest BCUT2D eigenvalue weighted by Crippen LogP contribution is 2.34. The average Bonchev–Trinajstić information content (AvgIpc) is 3.42. The van der Waals surface area contributed by atoms with Crippen LogP contribution < -0.4 is 9.47 Å². The summed E-state index contributed by atoms with van der Waals surface area (Å²) >= 11 is 0. The van der Waals surface area contributed by atoms with Crippen molar-refractivity contribution >= 4 is 5.97 Å². The molecule has 0 aliphatic carbocycles. The number of benzene rings is 4. The second-order valence-electron chi connectivity index (χ2n) is 11.1. The number of rotatable bonds is 12. The van der Waals surface area contributed by atoms with E-state index < -0.39 is 5.97 Å². The molecule has 7 nitrogen and oxygen atoms in total. The van der Waals surface area contributed by atoms with Gasteiger partial charge in [-0.3, -0.25) is 4.90 Å². The van der Waals surface area contributed by atoms with Gasteiger partial charge in [0.25, 0.3) is 0 Å². The first kappa shape index (κ1) is 29.2. The molecule has 2 heterocycles. The maximum absolute atomic E-state index is 11.5. The van der Waals surface area contributed by atoms with Gasteiger partial charge < -0.3 is 19.1 Å². The molecule has 1 N–H and O–H groups in total. The molecule has 5 aromatic rings. The smallest absolute Gasteiger partial charge is 0.335 e. The number of imidazole rings is 1. The van der Waals surface area contributed by atoms with Crippen molar-refractivity contribution in [2.75, 3.05) is 13.2 Å². The minimum Gasteiger partial charge on any atom is -0.486 e. The molecule has 1 aliphatic heterocycles. The van der Waals surface area contributed by atoms with Crippen LogP contribution in [-0.4, -0.2) is 38.7 Å². The summed E-state index contributed by atoms with van der Waals surface area (Å²) in [4.78, 5) is 19.2. The van der Waals surface area contributed by atoms with E-state index in [-0.39, 0.29) is 5.56 Å². The summed E-state index contributed by atoms with van der Waals surface area (Å²) in [5, 5.41) is 9.44. The lowest BCUT2D eigenvalue weighted by atomic mass is 10.1. The lowest BCUT2D eigenvalue weighted by Crippen LogP contribution is -2.25. The van der Waals surface area contributed by atoms with Crippen molar-refractivity contribution in [2.45, 2.75) is 45.9 Å². The number of carbonyl (C=O) groups is 1. The Morgan fingerprint density at radius 3 is 2.11 bits per heavy atom. The van der Waals surface area contributed by atoms with Crippen molar-refractivity contribution in [3.05, 3.63) is 126 Å². The average molecular weight is 588 g/mol. The topological polar surface area (TPSA) is 76.8 Å². The molecule has 0 atom stereocenters. The van der Waals surface area contributed by atoms with Crippen LogP contribution in [0.25, 0.3) is 22.6 Å². The number of hydrogen-bond donors (Lipinski definition) is 1. The van der Waals surface area contributed by atoms with Gasteiger partial charge >= 0.3 is 5.97 Å². The summed E-state index contributed by atoms with van der Waals surface area (Å²) in [7, 11) is 0. The molecule has 44 heavy (non-hydrogen) atoms. The number of ether oxygens (including phenoxy) is 2. The predicted octanol–water partition coefficient (Wildman–Crippen LogP) is 7.69. The zero-order valence-electron chi connectivity index (χ0n) is 25.0. The summed E-state index contributed by atoms with van der Waals surface area (Å²) < 4.78 is 14.1. The van der Waals surface area contributed by atoms with Crippen LogP contribution in [0.4, 0.5) is 0 Å². The third-order valence-corrected chi connectivity index (χ3v) is 7.88. The highest BCUT2D eigenvalue weighted by atomic mass is 16.6. The van der Waals surface area contributed by atoms with E-state index in [9.17, 15) is 9.90 Å². The Morgan fingerprint density at radius 2 is 1.43 bits per heavy atom. The molecule has 4 aromatic carbocycles. The molecule has 0 unspecified atom stereocenters. The van der Waals surface area contributed by atoms with Gasteiger partial charge in [0.05, 0.1) is 17.0 Å². The van der Waals surface area contributed by atoms with Crippen molar-refractivity contribution < 1.29 is 19.4 Å². The monoisotopic (exact) mass is 587 g/mol. The van der Waals surface area contributed by atoms with Crippen LogP contribution in [-0.2, 0) is 26.2 Å². The van der Waals surface area contributed by atoms with Gasteiger partial charge in [-0.05, 0) is 41.8 Å². The maximum atomic E-state index is 11.5. The Kier molecular flexibility index (Phi) is 9.03. The summed E-state index contributed by atoms with van der Waals surface area (Å²) in [5.41, 5.74) is 6.74. The third-order valence-electron chi connectivity index (χ3n) is 7.88. The van der Waals surface area contributed by atoms with Crippen LogP contribution in [0.2, 0.25) is 0 Å². The first-order chi connectivity index (χ1) is 21.6. The van der Waals surface area contributed by atoms with Crippen molar-refractivity contribution in [3.63, 3.8) is 0 Å². The lowest BCUT2D eigenvalue weighted by Gasteiger charge is -2.26. The third kappa shape index (κ3) is 6.68. The van der Waals surface area contributed by atoms with Gasteiger partial charge in [0.2, 0.25) is 0 Å². The van der Waals surface area contributed by atoms with Crippen LogP contribution in [0.5, 0.6) is 11.5 Å². The summed E-state index contributed by atoms with van der Waals surface area (Å²) in [6.45, 7) is 6.09. The first-order valence-corrected chi connectivity index (χ1v) is 15.2. The Morgan fingerprint density at radius 1 is 0.795 bits per heavy atom. The van der Waals surface area contributed by atoms with Gasteiger partial charge in [0.1, 0.15) is 19.0 Å². The van der Waals surface area contributed by atoms with E-state index in [4.69, 9.17) is 14.5 Å². The van der Waals surface area contributed by atoms with Gasteiger partial charge in [-0.1, -0.05) is 92.2 Å². The normalized spacial score (nSPS) is 12.4. The van der Waals surface area contributed by atoms with Gasteiger partial charge in [-0.2, -0.15) is 0 Å². The van der Waals surface area contributed by atoms with Gasteiger partial charge in [-0.25, -0.2) is 9.78 Å². The quantitative estimate of drug-likeness (QED) is 0.161. The fraction of sp³-hybridized carbons (Fsp3) is 0.243. The number of carboxylic acid groups (broad SMARTS) is 1. The summed E-state index contributed by atoms with van der Waals surface area (Å²) in [6, 6.07) is 34.1. The van der Waals surface area contributed by atoms with Crippen molar-refractivity contribution in [1.82, 2.24) is 14.5 Å². The molecular weight excluding hydrogens is 550 g/mol. The molecule has 0 saturated carbocycles. The number of unbranched alkanes of at least 4 members (excludes halogenated alkanes) is 1. The predicted molar refractivity (Wildman–Crippen MR) is 172 cm³/mol. The second kappa shape index (κ2) is 13.6. The fourth-order valence-corrected chi connectivity index (χ4v) is 5.67. The highest BCUT2D eigenvalue weighted by molar-refractivity contribution is 5.87. The zero-order chi connectivity index (χ0) is 30.3. The highest BCUT2D eigenvalue weighted by Gasteiger charge is 2.23. The number of fused-ring (bicyclic) bond motifs is 1. The van der Waals surface area contributed by atoms with Crippen LogP contribution in [0.1, 0.15) is 46.9 Å². The van der Waals surface area contributed by atoms with Crippen LogP contribution in [0.3, 0.4) is 0 Å². The number of hydrogen-bond acceptors (Lipinski definition) is 5. The molecule has 0 radical (unpaired) electrons. The van der Waals surface area contributed by atoms with Gasteiger partial charge in [0, 0.05) is 37.3 Å². The Labute approximate surface area is 258 Å². The lowest BCUT2D eigenvalue weighted by molar-refractivity contribution is 0.0697. The van der Waals surface area contributed by atoms with E-state index in [1.807, 2.05) is 30.3 Å². The van der Waals surface area contributed by atoms with Crippen LogP contribution in [0, 0.1) is 0 Å². The summed E-state index contributed by atoms with van der Waals surface area (Å²) in [6.07, 6.45) is 2.11. The van der Waals surface area contributed by atoms with E-state index in [1.165, 1.54) is 0 Å². The number of aromatic carboxylic acids is 1. The molecule has 7 heteroatoms. The SMILES string of the molecule is CCCCn1c(-c2ccccc2)nc(-c2ccccc2)c1CN(Cc1ccc(C(=O)O)cc1)Cc1ccc2c(c1)OCCO2. The first-order valence-electron chi connectivity index (χ1n) is 15.2. The maximum Gasteiger partial charge on any atom is 0.335 e. The Bertz CT molecular complexity index is 1700. The Hall–Kier alpha value is -4.88. The molecule has 0 amide bonds. The zero-order valence-corrected chi connectivity index (χ0v) is 25.0. The molecular formula is C37H37N3O4. The molecule has 0 saturated heterocycles. The fourth-order valence-electron chi connectivity index (χ4n) is 5.67.